The first kappa shape index (κ1) is 16.1. The molecule has 0 saturated heterocycles. The van der Waals surface area contributed by atoms with E-state index < -0.39 is 10.4 Å². The summed E-state index contributed by atoms with van der Waals surface area (Å²) in [6, 6.07) is 11.0. The molecule has 6 N–H and O–H groups in total. The Kier molecular flexibility index (Phi) is 5.89. The van der Waals surface area contributed by atoms with Gasteiger partial charge >= 0.3 is 10.4 Å². The summed E-state index contributed by atoms with van der Waals surface area (Å²) in [6.07, 6.45) is 3.27. The van der Waals surface area contributed by atoms with Crippen molar-refractivity contribution in [2.75, 3.05) is 0 Å². The summed E-state index contributed by atoms with van der Waals surface area (Å²) in [5.74, 6) is 0.617. The molecule has 3 unspecified atom stereocenters. The Morgan fingerprint density at radius 1 is 1.00 bits per heavy atom. The molecule has 108 valence electrons. The normalized spacial score (nSPS) is 27.3. The average molecular weight is 288 g/mol. The molecule has 0 radical (unpaired) electrons. The second-order valence-electron chi connectivity index (χ2n) is 4.70. The van der Waals surface area contributed by atoms with Gasteiger partial charge in [-0.05, 0) is 30.7 Å². The SMILES string of the molecule is NC1CCC(c2ccccc2)CC1N.O=S(=O)(O)O. The zero-order chi connectivity index (χ0) is 14.5. The first-order valence-electron chi connectivity index (χ1n) is 6.03. The van der Waals surface area contributed by atoms with Gasteiger partial charge in [0, 0.05) is 12.1 Å². The third kappa shape index (κ3) is 6.65. The van der Waals surface area contributed by atoms with Crippen molar-refractivity contribution in [2.24, 2.45) is 11.5 Å². The number of rotatable bonds is 1. The maximum atomic E-state index is 8.74. The predicted molar refractivity (Wildman–Crippen MR) is 73.2 cm³/mol. The molecule has 1 aliphatic carbocycles. The van der Waals surface area contributed by atoms with E-state index in [9.17, 15) is 0 Å². The molecular weight excluding hydrogens is 268 g/mol. The van der Waals surface area contributed by atoms with Gasteiger partial charge in [-0.15, -0.1) is 0 Å². The first-order valence-corrected chi connectivity index (χ1v) is 7.43. The molecule has 0 aliphatic heterocycles. The van der Waals surface area contributed by atoms with Crippen molar-refractivity contribution in [3.63, 3.8) is 0 Å². The Balaban J connectivity index is 0.000000312. The van der Waals surface area contributed by atoms with E-state index in [2.05, 4.69) is 30.3 Å². The molecule has 1 aromatic carbocycles. The second kappa shape index (κ2) is 6.97. The Hall–Kier alpha value is -0.990. The van der Waals surface area contributed by atoms with Gasteiger partial charge in [0.1, 0.15) is 0 Å². The minimum absolute atomic E-state index is 0.175. The van der Waals surface area contributed by atoms with Crippen LogP contribution in [0.15, 0.2) is 30.3 Å². The topological polar surface area (TPSA) is 127 Å². The summed E-state index contributed by atoms with van der Waals surface area (Å²) in [5.41, 5.74) is 13.3. The van der Waals surface area contributed by atoms with Crippen molar-refractivity contribution in [1.29, 1.82) is 0 Å². The van der Waals surface area contributed by atoms with Crippen LogP contribution in [0.25, 0.3) is 0 Å². The molecule has 19 heavy (non-hydrogen) atoms. The molecule has 6 nitrogen and oxygen atoms in total. The first-order chi connectivity index (χ1) is 8.77. The summed E-state index contributed by atoms with van der Waals surface area (Å²) in [7, 11) is -4.67. The molecule has 0 heterocycles. The minimum atomic E-state index is -4.67. The highest BCUT2D eigenvalue weighted by atomic mass is 32.3. The van der Waals surface area contributed by atoms with E-state index in [1.165, 1.54) is 12.0 Å². The second-order valence-corrected chi connectivity index (χ2v) is 5.59. The quantitative estimate of drug-likeness (QED) is 0.570. The van der Waals surface area contributed by atoms with Gasteiger partial charge in [0.2, 0.25) is 0 Å². The monoisotopic (exact) mass is 288 g/mol. The smallest absolute Gasteiger partial charge is 0.326 e. The van der Waals surface area contributed by atoms with E-state index in [0.717, 1.165) is 12.8 Å². The van der Waals surface area contributed by atoms with Crippen molar-refractivity contribution in [2.45, 2.75) is 37.3 Å². The van der Waals surface area contributed by atoms with Crippen molar-refractivity contribution >= 4 is 10.4 Å². The molecule has 1 aromatic rings. The van der Waals surface area contributed by atoms with Crippen LogP contribution in [-0.4, -0.2) is 29.6 Å². The summed E-state index contributed by atoms with van der Waals surface area (Å²) >= 11 is 0. The zero-order valence-electron chi connectivity index (χ0n) is 10.5. The highest BCUT2D eigenvalue weighted by Crippen LogP contribution is 2.31. The van der Waals surface area contributed by atoms with E-state index in [-0.39, 0.29) is 12.1 Å². The number of hydrogen-bond donors (Lipinski definition) is 4. The molecular formula is C12H20N2O4S. The molecule has 1 fully saturated rings. The molecule has 7 heteroatoms. The van der Waals surface area contributed by atoms with E-state index >= 15 is 0 Å². The molecule has 1 aliphatic rings. The number of hydrogen-bond acceptors (Lipinski definition) is 4. The van der Waals surface area contributed by atoms with Gasteiger partial charge in [-0.1, -0.05) is 30.3 Å². The standard InChI is InChI=1S/C12H18N2.H2O4S/c13-11-7-6-10(8-12(11)14)9-4-2-1-3-5-9;1-5(2,3)4/h1-5,10-12H,6-8,13-14H2;(H2,1,2,3,4). The lowest BCUT2D eigenvalue weighted by molar-refractivity contribution is 0.347. The summed E-state index contributed by atoms with van der Waals surface area (Å²) in [6.45, 7) is 0. The van der Waals surface area contributed by atoms with Gasteiger partial charge in [-0.25, -0.2) is 0 Å². The Morgan fingerprint density at radius 2 is 1.53 bits per heavy atom. The summed E-state index contributed by atoms with van der Waals surface area (Å²) in [4.78, 5) is 0. The van der Waals surface area contributed by atoms with Crippen LogP contribution in [-0.2, 0) is 10.4 Å². The van der Waals surface area contributed by atoms with Crippen molar-refractivity contribution < 1.29 is 17.5 Å². The highest BCUT2D eigenvalue weighted by molar-refractivity contribution is 7.79. The Labute approximate surface area is 113 Å². The van der Waals surface area contributed by atoms with Gasteiger partial charge in [0.15, 0.2) is 0 Å². The average Bonchev–Trinajstić information content (AvgIpc) is 2.32. The summed E-state index contributed by atoms with van der Waals surface area (Å²) in [5, 5.41) is 0. The maximum absolute atomic E-state index is 8.74. The fourth-order valence-corrected chi connectivity index (χ4v) is 2.26. The fraction of sp³-hybridized carbons (Fsp3) is 0.500. The number of benzene rings is 1. The Bertz CT molecular complexity index is 470. The van der Waals surface area contributed by atoms with Crippen LogP contribution in [0.5, 0.6) is 0 Å². The molecule has 0 amide bonds. The van der Waals surface area contributed by atoms with Crippen LogP contribution < -0.4 is 11.5 Å². The minimum Gasteiger partial charge on any atom is -0.326 e. The fourth-order valence-electron chi connectivity index (χ4n) is 2.26. The Morgan fingerprint density at radius 3 is 2.00 bits per heavy atom. The lowest BCUT2D eigenvalue weighted by atomic mass is 9.79. The summed E-state index contributed by atoms with van der Waals surface area (Å²) < 4.78 is 31.6. The zero-order valence-corrected chi connectivity index (χ0v) is 11.3. The van der Waals surface area contributed by atoms with Gasteiger partial charge in [-0.3, -0.25) is 9.11 Å². The van der Waals surface area contributed by atoms with Crippen molar-refractivity contribution in [3.8, 4) is 0 Å². The van der Waals surface area contributed by atoms with Crippen LogP contribution in [0.3, 0.4) is 0 Å². The lowest BCUT2D eigenvalue weighted by Gasteiger charge is -2.31. The van der Waals surface area contributed by atoms with E-state index in [4.69, 9.17) is 29.0 Å². The lowest BCUT2D eigenvalue weighted by Crippen LogP contribution is -2.45. The van der Waals surface area contributed by atoms with Crippen molar-refractivity contribution in [1.82, 2.24) is 0 Å². The largest absolute Gasteiger partial charge is 0.394 e. The predicted octanol–water partition coefficient (Wildman–Crippen LogP) is 0.956. The van der Waals surface area contributed by atoms with Crippen LogP contribution in [0, 0.1) is 0 Å². The third-order valence-electron chi connectivity index (χ3n) is 3.23. The van der Waals surface area contributed by atoms with Gasteiger partial charge < -0.3 is 11.5 Å². The van der Waals surface area contributed by atoms with Crippen LogP contribution in [0.1, 0.15) is 30.7 Å². The molecule has 1 saturated carbocycles. The van der Waals surface area contributed by atoms with Crippen LogP contribution in [0.4, 0.5) is 0 Å². The van der Waals surface area contributed by atoms with E-state index in [0.29, 0.717) is 5.92 Å². The van der Waals surface area contributed by atoms with Crippen molar-refractivity contribution in [3.05, 3.63) is 35.9 Å². The highest BCUT2D eigenvalue weighted by Gasteiger charge is 2.25. The molecule has 3 atom stereocenters. The van der Waals surface area contributed by atoms with Gasteiger partial charge in [-0.2, -0.15) is 8.42 Å². The third-order valence-corrected chi connectivity index (χ3v) is 3.23. The van der Waals surface area contributed by atoms with Gasteiger partial charge in [0.05, 0.1) is 0 Å². The molecule has 0 spiro atoms. The molecule has 0 bridgehead atoms. The number of nitrogens with two attached hydrogens (primary N) is 2. The van der Waals surface area contributed by atoms with Gasteiger partial charge in [0.25, 0.3) is 0 Å². The maximum Gasteiger partial charge on any atom is 0.394 e. The van der Waals surface area contributed by atoms with E-state index in [1.54, 1.807) is 0 Å². The van der Waals surface area contributed by atoms with Crippen LogP contribution >= 0.6 is 0 Å². The molecule has 2 rings (SSSR count). The molecule has 0 aromatic heterocycles. The van der Waals surface area contributed by atoms with E-state index in [1.807, 2.05) is 0 Å². The van der Waals surface area contributed by atoms with Crippen LogP contribution in [0.2, 0.25) is 0 Å².